The number of aliphatic hydroxyl groups is 1. The Morgan fingerprint density at radius 2 is 1.70 bits per heavy atom. The minimum absolute atomic E-state index is 0.00988. The monoisotopic (exact) mass is 538 g/mol. The SMILES string of the molecule is COc1ccc(OC)c(C2C(C(=O)/C=C/c3ccccc3)=C(O)C(=O)N2CCc2c[nH]c3ccc(OC)cc23)c1. The van der Waals surface area contributed by atoms with Gasteiger partial charge in [-0.25, -0.2) is 0 Å². The number of benzene rings is 3. The molecule has 2 N–H and O–H groups in total. The Morgan fingerprint density at radius 1 is 0.975 bits per heavy atom. The second kappa shape index (κ2) is 11.4. The number of hydrogen-bond acceptors (Lipinski definition) is 6. The van der Waals surface area contributed by atoms with Crippen LogP contribution in [0.5, 0.6) is 17.2 Å². The van der Waals surface area contributed by atoms with Crippen LogP contribution in [0.1, 0.15) is 22.7 Å². The maximum absolute atomic E-state index is 13.6. The van der Waals surface area contributed by atoms with E-state index in [-0.39, 0.29) is 12.1 Å². The molecule has 1 aliphatic rings. The lowest BCUT2D eigenvalue weighted by atomic mass is 9.94. The molecule has 1 aliphatic heterocycles. The van der Waals surface area contributed by atoms with Gasteiger partial charge in [-0.2, -0.15) is 0 Å². The molecular weight excluding hydrogens is 508 g/mol. The summed E-state index contributed by atoms with van der Waals surface area (Å²) in [7, 11) is 4.67. The van der Waals surface area contributed by atoms with E-state index in [0.717, 1.165) is 27.8 Å². The summed E-state index contributed by atoms with van der Waals surface area (Å²) in [5, 5.41) is 12.0. The number of amides is 1. The predicted molar refractivity (Wildman–Crippen MR) is 153 cm³/mol. The maximum Gasteiger partial charge on any atom is 0.290 e. The topological polar surface area (TPSA) is 101 Å². The number of ether oxygens (including phenoxy) is 3. The summed E-state index contributed by atoms with van der Waals surface area (Å²) in [6, 6.07) is 19.4. The number of aliphatic hydroxyl groups excluding tert-OH is 1. The number of ketones is 1. The molecular formula is C32H30N2O6. The minimum Gasteiger partial charge on any atom is -0.503 e. The first-order valence-electron chi connectivity index (χ1n) is 12.8. The highest BCUT2D eigenvalue weighted by atomic mass is 16.5. The maximum atomic E-state index is 13.6. The van der Waals surface area contributed by atoms with Crippen molar-refractivity contribution in [1.29, 1.82) is 0 Å². The Balaban J connectivity index is 1.53. The number of rotatable bonds is 10. The number of methoxy groups -OCH3 is 3. The first kappa shape index (κ1) is 26.6. The van der Waals surface area contributed by atoms with Crippen molar-refractivity contribution in [2.24, 2.45) is 0 Å². The van der Waals surface area contributed by atoms with E-state index in [2.05, 4.69) is 4.98 Å². The highest BCUT2D eigenvalue weighted by Crippen LogP contribution is 2.43. The quantitative estimate of drug-likeness (QED) is 0.262. The van der Waals surface area contributed by atoms with Gasteiger partial charge in [0.2, 0.25) is 0 Å². The normalized spacial score (nSPS) is 15.3. The molecule has 8 nitrogen and oxygen atoms in total. The molecule has 1 atom stereocenters. The average Bonchev–Trinajstić information content (AvgIpc) is 3.51. The van der Waals surface area contributed by atoms with Gasteiger partial charge in [0.1, 0.15) is 17.2 Å². The standard InChI is InChI=1S/C32H30N2O6/c1-38-22-10-12-26-24(17-22)21(19-33-26)15-16-34-30(25-18-23(39-2)11-14-28(25)40-3)29(31(36)32(34)37)27(35)13-9-20-7-5-4-6-8-20/h4-14,17-19,30,33,36H,15-16H2,1-3H3/b13-9+. The summed E-state index contributed by atoms with van der Waals surface area (Å²) in [6.07, 6.45) is 5.40. The smallest absolute Gasteiger partial charge is 0.290 e. The van der Waals surface area contributed by atoms with Gasteiger partial charge in [-0.05, 0) is 60.0 Å². The number of fused-ring (bicyclic) bond motifs is 1. The average molecular weight is 539 g/mol. The van der Waals surface area contributed by atoms with Crippen LogP contribution in [-0.2, 0) is 16.0 Å². The Morgan fingerprint density at radius 3 is 2.42 bits per heavy atom. The molecule has 0 spiro atoms. The van der Waals surface area contributed by atoms with Gasteiger partial charge in [0, 0.05) is 29.2 Å². The van der Waals surface area contributed by atoms with Crippen LogP contribution in [0, 0.1) is 0 Å². The number of nitrogens with zero attached hydrogens (tertiary/aromatic N) is 1. The van der Waals surface area contributed by atoms with Crippen molar-refractivity contribution < 1.29 is 28.9 Å². The van der Waals surface area contributed by atoms with E-state index in [4.69, 9.17) is 14.2 Å². The van der Waals surface area contributed by atoms with Gasteiger partial charge in [-0.15, -0.1) is 0 Å². The highest BCUT2D eigenvalue weighted by Gasteiger charge is 2.44. The zero-order valence-electron chi connectivity index (χ0n) is 22.5. The molecule has 5 rings (SSSR count). The van der Waals surface area contributed by atoms with Crippen LogP contribution < -0.4 is 14.2 Å². The largest absolute Gasteiger partial charge is 0.503 e. The number of allylic oxidation sites excluding steroid dienone is 1. The van der Waals surface area contributed by atoms with Crippen molar-refractivity contribution >= 4 is 28.7 Å². The molecule has 0 aliphatic carbocycles. The summed E-state index contributed by atoms with van der Waals surface area (Å²) >= 11 is 0. The van der Waals surface area contributed by atoms with E-state index in [0.29, 0.717) is 23.5 Å². The number of aromatic nitrogens is 1. The third-order valence-electron chi connectivity index (χ3n) is 7.12. The summed E-state index contributed by atoms with van der Waals surface area (Å²) < 4.78 is 16.4. The van der Waals surface area contributed by atoms with Crippen molar-refractivity contribution in [3.63, 3.8) is 0 Å². The van der Waals surface area contributed by atoms with E-state index in [1.54, 1.807) is 31.4 Å². The first-order valence-corrected chi connectivity index (χ1v) is 12.8. The molecule has 3 aromatic carbocycles. The van der Waals surface area contributed by atoms with Gasteiger partial charge in [0.15, 0.2) is 11.5 Å². The Labute approximate surface area is 232 Å². The fourth-order valence-corrected chi connectivity index (χ4v) is 5.07. The second-order valence-corrected chi connectivity index (χ2v) is 9.35. The molecule has 1 aromatic heterocycles. The summed E-state index contributed by atoms with van der Waals surface area (Å²) in [5.41, 5.74) is 3.27. The van der Waals surface area contributed by atoms with E-state index < -0.39 is 23.5 Å². The molecule has 0 saturated carbocycles. The third-order valence-corrected chi connectivity index (χ3v) is 7.12. The van der Waals surface area contributed by atoms with E-state index >= 15 is 0 Å². The van der Waals surface area contributed by atoms with Crippen LogP contribution in [0.3, 0.4) is 0 Å². The number of carbonyl (C=O) groups excluding carboxylic acids is 2. The van der Waals surface area contributed by atoms with Crippen LogP contribution in [0.2, 0.25) is 0 Å². The number of H-pyrrole nitrogens is 1. The molecule has 204 valence electrons. The fourth-order valence-electron chi connectivity index (χ4n) is 5.07. The summed E-state index contributed by atoms with van der Waals surface area (Å²) in [4.78, 5) is 31.8. The zero-order valence-corrected chi connectivity index (χ0v) is 22.5. The second-order valence-electron chi connectivity index (χ2n) is 9.35. The van der Waals surface area contributed by atoms with E-state index in [1.807, 2.05) is 54.7 Å². The van der Waals surface area contributed by atoms with Crippen molar-refractivity contribution in [2.45, 2.75) is 12.5 Å². The first-order chi connectivity index (χ1) is 19.4. The van der Waals surface area contributed by atoms with Crippen LogP contribution in [0.25, 0.3) is 17.0 Å². The van der Waals surface area contributed by atoms with Crippen molar-refractivity contribution in [2.75, 3.05) is 27.9 Å². The number of aromatic amines is 1. The minimum atomic E-state index is -0.884. The number of hydrogen-bond donors (Lipinski definition) is 2. The molecule has 0 bridgehead atoms. The molecule has 4 aromatic rings. The Hall–Kier alpha value is -4.98. The number of nitrogens with one attached hydrogen (secondary N) is 1. The van der Waals surface area contributed by atoms with Gasteiger partial charge in [-0.3, -0.25) is 9.59 Å². The molecule has 40 heavy (non-hydrogen) atoms. The lowest BCUT2D eigenvalue weighted by molar-refractivity contribution is -0.129. The predicted octanol–water partition coefficient (Wildman–Crippen LogP) is 5.41. The van der Waals surface area contributed by atoms with Crippen LogP contribution in [0.4, 0.5) is 0 Å². The van der Waals surface area contributed by atoms with Gasteiger partial charge >= 0.3 is 0 Å². The number of carbonyl (C=O) groups is 2. The van der Waals surface area contributed by atoms with Gasteiger partial charge in [0.25, 0.3) is 5.91 Å². The van der Waals surface area contributed by atoms with Crippen LogP contribution >= 0.6 is 0 Å². The van der Waals surface area contributed by atoms with Gasteiger partial charge < -0.3 is 29.2 Å². The van der Waals surface area contributed by atoms with Crippen LogP contribution in [0.15, 0.2) is 90.3 Å². The molecule has 1 amide bonds. The van der Waals surface area contributed by atoms with Gasteiger partial charge in [0.05, 0.1) is 32.9 Å². The lowest BCUT2D eigenvalue weighted by Gasteiger charge is -2.28. The van der Waals surface area contributed by atoms with Crippen molar-refractivity contribution in [3.8, 4) is 17.2 Å². The lowest BCUT2D eigenvalue weighted by Crippen LogP contribution is -2.33. The van der Waals surface area contributed by atoms with Crippen molar-refractivity contribution in [1.82, 2.24) is 9.88 Å². The molecule has 2 heterocycles. The van der Waals surface area contributed by atoms with Crippen LogP contribution in [-0.4, -0.2) is 54.6 Å². The third kappa shape index (κ3) is 5.03. The molecule has 8 heteroatoms. The fraction of sp³-hybridized carbons (Fsp3) is 0.188. The Bertz CT molecular complexity index is 1620. The molecule has 1 unspecified atom stereocenters. The Kier molecular flexibility index (Phi) is 7.59. The highest BCUT2D eigenvalue weighted by molar-refractivity contribution is 6.14. The summed E-state index contributed by atoms with van der Waals surface area (Å²) in [5.74, 6) is 0.0604. The van der Waals surface area contributed by atoms with E-state index in [1.165, 1.54) is 25.2 Å². The zero-order chi connectivity index (χ0) is 28.2. The molecule has 0 fully saturated rings. The summed E-state index contributed by atoms with van der Waals surface area (Å²) in [6.45, 7) is 0.233. The molecule has 0 radical (unpaired) electrons. The van der Waals surface area contributed by atoms with Gasteiger partial charge in [-0.1, -0.05) is 36.4 Å². The molecule has 0 saturated heterocycles. The van der Waals surface area contributed by atoms with E-state index in [9.17, 15) is 14.7 Å². The van der Waals surface area contributed by atoms with Crippen molar-refractivity contribution in [3.05, 3.63) is 107 Å².